The number of carbonyl (C=O) groups excluding carboxylic acids is 1. The topological polar surface area (TPSA) is 75.7 Å². The van der Waals surface area contributed by atoms with Gasteiger partial charge in [0, 0.05) is 0 Å². The van der Waals surface area contributed by atoms with Crippen LogP contribution in [0.5, 0.6) is 0 Å². The molecule has 4 nitrogen and oxygen atoms in total. The first-order valence-electron chi connectivity index (χ1n) is 1.36. The number of nitrogens with two attached hydrogens (primary N) is 1. The van der Waals surface area contributed by atoms with Crippen LogP contribution in [0.3, 0.4) is 0 Å². The number of hydrogen-bond donors (Lipinski definition) is 2. The number of halogens is 1. The Labute approximate surface area is 44.6 Å². The Balaban J connectivity index is 3.82. The monoisotopic (exact) mass is 122 g/mol. The molecule has 0 atom stereocenters. The smallest absolute Gasteiger partial charge is 0.282 e. The molecule has 40 valence electrons. The third kappa shape index (κ3) is 1.99. The van der Waals surface area contributed by atoms with Crippen LogP contribution >= 0.6 is 11.6 Å². The Hall–Kier alpha value is -0.770. The summed E-state index contributed by atoms with van der Waals surface area (Å²) in [6.45, 7) is 0. The van der Waals surface area contributed by atoms with Crippen LogP contribution in [0.4, 0.5) is 0 Å². The van der Waals surface area contributed by atoms with Crippen LogP contribution in [0.1, 0.15) is 0 Å². The minimum absolute atomic E-state index is 0.611. The molecule has 0 saturated heterocycles. The lowest BCUT2D eigenvalue weighted by atomic mass is 10.7. The largest absolute Gasteiger partial charge is 0.409 e. The van der Waals surface area contributed by atoms with Gasteiger partial charge in [0.05, 0.1) is 0 Å². The first-order chi connectivity index (χ1) is 3.18. The van der Waals surface area contributed by atoms with Gasteiger partial charge in [-0.3, -0.25) is 4.79 Å². The minimum Gasteiger partial charge on any atom is -0.409 e. The van der Waals surface area contributed by atoms with Gasteiger partial charge in [-0.2, -0.15) is 0 Å². The van der Waals surface area contributed by atoms with E-state index in [1.165, 1.54) is 0 Å². The van der Waals surface area contributed by atoms with Crippen molar-refractivity contribution in [1.29, 1.82) is 0 Å². The van der Waals surface area contributed by atoms with Gasteiger partial charge in [0.25, 0.3) is 5.91 Å². The number of amides is 1. The molecule has 0 aromatic heterocycles. The molecule has 0 bridgehead atoms. The zero-order valence-corrected chi connectivity index (χ0v) is 4.01. The zero-order valence-electron chi connectivity index (χ0n) is 3.26. The van der Waals surface area contributed by atoms with E-state index in [1.54, 1.807) is 0 Å². The van der Waals surface area contributed by atoms with Gasteiger partial charge in [0.15, 0.2) is 0 Å². The van der Waals surface area contributed by atoms with Gasteiger partial charge >= 0.3 is 0 Å². The summed E-state index contributed by atoms with van der Waals surface area (Å²) >= 11 is 4.83. The standard InChI is InChI=1S/C2H3ClN2O2/c3-1(5-7)2(4)6/h7H,(H2,4,6)/b5-1+. The normalized spacial score (nSPS) is 11.3. The Morgan fingerprint density at radius 2 is 2.29 bits per heavy atom. The highest BCUT2D eigenvalue weighted by molar-refractivity contribution is 6.82. The molecule has 0 aliphatic heterocycles. The van der Waals surface area contributed by atoms with Gasteiger partial charge in [-0.05, 0) is 0 Å². The Kier molecular flexibility index (Phi) is 2.15. The molecule has 7 heavy (non-hydrogen) atoms. The lowest BCUT2D eigenvalue weighted by molar-refractivity contribution is -0.111. The summed E-state index contributed by atoms with van der Waals surface area (Å²) in [4.78, 5) is 9.73. The third-order valence-electron chi connectivity index (χ3n) is 0.291. The maximum absolute atomic E-state index is 9.73. The van der Waals surface area contributed by atoms with Gasteiger partial charge in [-0.15, -0.1) is 0 Å². The molecule has 0 heterocycles. The lowest BCUT2D eigenvalue weighted by Gasteiger charge is -1.79. The van der Waals surface area contributed by atoms with Gasteiger partial charge < -0.3 is 10.9 Å². The maximum Gasteiger partial charge on any atom is 0.282 e. The summed E-state index contributed by atoms with van der Waals surface area (Å²) in [5.74, 6) is -0.941. The van der Waals surface area contributed by atoms with E-state index in [-0.39, 0.29) is 0 Å². The van der Waals surface area contributed by atoms with Crippen molar-refractivity contribution in [2.45, 2.75) is 0 Å². The van der Waals surface area contributed by atoms with Crippen molar-refractivity contribution in [3.63, 3.8) is 0 Å². The van der Waals surface area contributed by atoms with E-state index in [0.29, 0.717) is 0 Å². The highest BCUT2D eigenvalue weighted by Gasteiger charge is 1.98. The van der Waals surface area contributed by atoms with Crippen molar-refractivity contribution < 1.29 is 10.0 Å². The first-order valence-corrected chi connectivity index (χ1v) is 1.73. The number of rotatable bonds is 1. The van der Waals surface area contributed by atoms with Crippen LogP contribution in [0.2, 0.25) is 0 Å². The van der Waals surface area contributed by atoms with Gasteiger partial charge in [-0.1, -0.05) is 16.8 Å². The summed E-state index contributed by atoms with van der Waals surface area (Å²) in [6.07, 6.45) is 0. The minimum atomic E-state index is -0.941. The number of hydrogen-bond acceptors (Lipinski definition) is 3. The number of carbonyl (C=O) groups is 1. The molecule has 0 saturated carbocycles. The first kappa shape index (κ1) is 6.23. The maximum atomic E-state index is 9.73. The second-order valence-corrected chi connectivity index (χ2v) is 1.11. The van der Waals surface area contributed by atoms with Crippen molar-refractivity contribution in [2.75, 3.05) is 0 Å². The molecule has 0 radical (unpaired) electrons. The molecule has 3 N–H and O–H groups in total. The highest BCUT2D eigenvalue weighted by atomic mass is 35.5. The molecule has 0 unspecified atom stereocenters. The predicted molar refractivity (Wildman–Crippen MR) is 24.3 cm³/mol. The van der Waals surface area contributed by atoms with Crippen molar-refractivity contribution in [3.8, 4) is 0 Å². The highest BCUT2D eigenvalue weighted by Crippen LogP contribution is 1.78. The number of nitrogens with zero attached hydrogens (tertiary/aromatic N) is 1. The van der Waals surface area contributed by atoms with E-state index >= 15 is 0 Å². The fourth-order valence-electron chi connectivity index (χ4n) is 0.0493. The van der Waals surface area contributed by atoms with Crippen molar-refractivity contribution in [3.05, 3.63) is 0 Å². The van der Waals surface area contributed by atoms with E-state index < -0.39 is 11.1 Å². The van der Waals surface area contributed by atoms with Crippen LogP contribution in [-0.4, -0.2) is 16.3 Å². The second-order valence-electron chi connectivity index (χ2n) is 0.755. The van der Waals surface area contributed by atoms with Gasteiger partial charge in [0.2, 0.25) is 5.17 Å². The van der Waals surface area contributed by atoms with E-state index in [1.807, 2.05) is 0 Å². The van der Waals surface area contributed by atoms with Crippen LogP contribution < -0.4 is 5.73 Å². The molecule has 0 aliphatic carbocycles. The summed E-state index contributed by atoms with van der Waals surface area (Å²) in [5, 5.41) is 9.34. The van der Waals surface area contributed by atoms with Crippen molar-refractivity contribution in [2.24, 2.45) is 10.9 Å². The number of oxime groups is 1. The Bertz CT molecular complexity index is 110. The molecular weight excluding hydrogens is 119 g/mol. The molecule has 0 aromatic carbocycles. The van der Waals surface area contributed by atoms with Crippen LogP contribution in [0.15, 0.2) is 5.16 Å². The summed E-state index contributed by atoms with van der Waals surface area (Å²) in [7, 11) is 0. The lowest BCUT2D eigenvalue weighted by Crippen LogP contribution is -2.17. The zero-order chi connectivity index (χ0) is 5.86. The van der Waals surface area contributed by atoms with Crippen LogP contribution in [-0.2, 0) is 4.79 Å². The van der Waals surface area contributed by atoms with E-state index in [2.05, 4.69) is 10.9 Å². The van der Waals surface area contributed by atoms with Crippen LogP contribution in [0.25, 0.3) is 0 Å². The molecule has 0 spiro atoms. The molecule has 5 heteroatoms. The third-order valence-corrected chi connectivity index (χ3v) is 0.553. The molecule has 0 rings (SSSR count). The Morgan fingerprint density at radius 1 is 1.86 bits per heavy atom. The molecule has 1 amide bonds. The average Bonchev–Trinajstić information content (AvgIpc) is 1.65. The van der Waals surface area contributed by atoms with Gasteiger partial charge in [-0.25, -0.2) is 0 Å². The molecule has 0 aliphatic rings. The summed E-state index contributed by atoms with van der Waals surface area (Å²) in [6, 6.07) is 0. The van der Waals surface area contributed by atoms with Crippen LogP contribution in [0, 0.1) is 0 Å². The van der Waals surface area contributed by atoms with Crippen molar-refractivity contribution >= 4 is 22.7 Å². The second kappa shape index (κ2) is 2.41. The Morgan fingerprint density at radius 3 is 2.29 bits per heavy atom. The quantitative estimate of drug-likeness (QED) is 0.279. The van der Waals surface area contributed by atoms with Crippen molar-refractivity contribution in [1.82, 2.24) is 0 Å². The van der Waals surface area contributed by atoms with E-state index in [0.717, 1.165) is 0 Å². The fourth-order valence-corrected chi connectivity index (χ4v) is 0.0493. The van der Waals surface area contributed by atoms with E-state index in [9.17, 15) is 4.79 Å². The predicted octanol–water partition coefficient (Wildman–Crippen LogP) is -0.502. The average molecular weight is 123 g/mol. The SMILES string of the molecule is NC(=O)/C(Cl)=N\O. The summed E-state index contributed by atoms with van der Waals surface area (Å²) < 4.78 is 0. The molecule has 0 fully saturated rings. The van der Waals surface area contributed by atoms with E-state index in [4.69, 9.17) is 16.8 Å². The molecular formula is C2H3ClN2O2. The van der Waals surface area contributed by atoms with Gasteiger partial charge in [0.1, 0.15) is 0 Å². The summed E-state index contributed by atoms with van der Waals surface area (Å²) in [5.41, 5.74) is 4.48. The molecule has 0 aromatic rings. The fraction of sp³-hybridized carbons (Fsp3) is 0. The number of primary amides is 1.